The van der Waals surface area contributed by atoms with Crippen LogP contribution < -0.4 is 10.9 Å². The molecule has 0 aliphatic heterocycles. The lowest BCUT2D eigenvalue weighted by atomic mass is 10.3. The number of nitrogens with zero attached hydrogens (tertiary/aromatic N) is 1. The van der Waals surface area contributed by atoms with Gasteiger partial charge in [-0.25, -0.2) is 0 Å². The second kappa shape index (κ2) is 4.12. The van der Waals surface area contributed by atoms with Crippen LogP contribution in [0.4, 0.5) is 5.69 Å². The number of aromatic nitrogens is 1. The maximum Gasteiger partial charge on any atom is 0.250 e. The second-order valence-corrected chi connectivity index (χ2v) is 3.34. The van der Waals surface area contributed by atoms with Gasteiger partial charge in [-0.1, -0.05) is 0 Å². The molecule has 3 nitrogen and oxygen atoms in total. The van der Waals surface area contributed by atoms with Gasteiger partial charge in [-0.3, -0.25) is 4.79 Å². The Morgan fingerprint density at radius 1 is 1.46 bits per heavy atom. The van der Waals surface area contributed by atoms with Crippen molar-refractivity contribution in [2.24, 2.45) is 0 Å². The lowest BCUT2D eigenvalue weighted by Crippen LogP contribution is -2.19. The van der Waals surface area contributed by atoms with Crippen LogP contribution in [-0.2, 0) is 6.54 Å². The lowest BCUT2D eigenvalue weighted by molar-refractivity contribution is 0.726. The number of nitrogens with one attached hydrogen (secondary N) is 1. The minimum absolute atomic E-state index is 0.0526. The van der Waals surface area contributed by atoms with Crippen molar-refractivity contribution in [3.05, 3.63) is 28.7 Å². The van der Waals surface area contributed by atoms with Gasteiger partial charge in [0.1, 0.15) is 0 Å². The number of rotatable bonds is 3. The molecule has 0 aliphatic carbocycles. The maximum absolute atomic E-state index is 11.2. The summed E-state index contributed by atoms with van der Waals surface area (Å²) >= 11 is 0. The Kier molecular flexibility index (Phi) is 3.12. The van der Waals surface area contributed by atoms with E-state index in [0.29, 0.717) is 12.6 Å². The van der Waals surface area contributed by atoms with Gasteiger partial charge in [0.25, 0.3) is 5.56 Å². The van der Waals surface area contributed by atoms with E-state index in [1.54, 1.807) is 10.6 Å². The summed E-state index contributed by atoms with van der Waals surface area (Å²) in [6, 6.07) is 3.80. The van der Waals surface area contributed by atoms with E-state index in [1.165, 1.54) is 0 Å². The van der Waals surface area contributed by atoms with Crippen LogP contribution in [0.1, 0.15) is 20.8 Å². The largest absolute Gasteiger partial charge is 0.382 e. The van der Waals surface area contributed by atoms with E-state index in [9.17, 15) is 4.79 Å². The third-order valence-corrected chi connectivity index (χ3v) is 1.78. The van der Waals surface area contributed by atoms with Crippen LogP contribution in [0, 0.1) is 0 Å². The molecule has 0 atom stereocenters. The molecule has 0 unspecified atom stereocenters. The van der Waals surface area contributed by atoms with E-state index < -0.39 is 0 Å². The van der Waals surface area contributed by atoms with E-state index in [0.717, 1.165) is 5.69 Å². The van der Waals surface area contributed by atoms with Crippen LogP contribution in [0.3, 0.4) is 0 Å². The van der Waals surface area contributed by atoms with E-state index >= 15 is 0 Å². The average Bonchev–Trinajstić information content (AvgIpc) is 2.07. The number of pyridine rings is 1. The number of aryl methyl sites for hydroxylation is 1. The third-order valence-electron chi connectivity index (χ3n) is 1.78. The minimum atomic E-state index is 0.0526. The van der Waals surface area contributed by atoms with Gasteiger partial charge < -0.3 is 9.88 Å². The van der Waals surface area contributed by atoms with Gasteiger partial charge in [0.15, 0.2) is 0 Å². The predicted octanol–water partition coefficient (Wildman–Crippen LogP) is 1.69. The third kappa shape index (κ3) is 2.61. The molecule has 0 saturated heterocycles. The van der Waals surface area contributed by atoms with E-state index in [2.05, 4.69) is 19.2 Å². The molecule has 0 aromatic carbocycles. The van der Waals surface area contributed by atoms with Gasteiger partial charge in [0, 0.05) is 24.8 Å². The summed E-state index contributed by atoms with van der Waals surface area (Å²) in [6.07, 6.45) is 1.85. The first-order valence-corrected chi connectivity index (χ1v) is 4.60. The van der Waals surface area contributed by atoms with Crippen LogP contribution in [0.5, 0.6) is 0 Å². The van der Waals surface area contributed by atoms with Gasteiger partial charge in [0.2, 0.25) is 0 Å². The van der Waals surface area contributed by atoms with Gasteiger partial charge >= 0.3 is 0 Å². The highest BCUT2D eigenvalue weighted by Crippen LogP contribution is 2.04. The standard InChI is InChI=1S/C10H16N2O/c1-4-12-7-9(11-8(2)3)5-6-10(12)13/h5-8,11H,4H2,1-3H3. The molecular formula is C10H16N2O. The molecule has 3 heteroatoms. The van der Waals surface area contributed by atoms with E-state index in [-0.39, 0.29) is 5.56 Å². The minimum Gasteiger partial charge on any atom is -0.382 e. The van der Waals surface area contributed by atoms with Crippen LogP contribution in [0.15, 0.2) is 23.1 Å². The second-order valence-electron chi connectivity index (χ2n) is 3.34. The molecule has 0 amide bonds. The van der Waals surface area contributed by atoms with Gasteiger partial charge in [-0.15, -0.1) is 0 Å². The Morgan fingerprint density at radius 3 is 2.69 bits per heavy atom. The molecule has 1 N–H and O–H groups in total. The maximum atomic E-state index is 11.2. The van der Waals surface area contributed by atoms with Crippen molar-refractivity contribution < 1.29 is 0 Å². The molecule has 0 spiro atoms. The molecule has 1 rings (SSSR count). The fraction of sp³-hybridized carbons (Fsp3) is 0.500. The van der Waals surface area contributed by atoms with Crippen molar-refractivity contribution in [1.29, 1.82) is 0 Å². The zero-order valence-corrected chi connectivity index (χ0v) is 8.37. The van der Waals surface area contributed by atoms with Crippen molar-refractivity contribution >= 4 is 5.69 Å². The van der Waals surface area contributed by atoms with Gasteiger partial charge in [-0.2, -0.15) is 0 Å². The first-order chi connectivity index (χ1) is 6.13. The summed E-state index contributed by atoms with van der Waals surface area (Å²) < 4.78 is 1.69. The number of hydrogen-bond acceptors (Lipinski definition) is 2. The first kappa shape index (κ1) is 9.84. The summed E-state index contributed by atoms with van der Waals surface area (Å²) in [5, 5.41) is 3.25. The normalized spacial score (nSPS) is 10.5. The Labute approximate surface area is 78.4 Å². The molecule has 0 bridgehead atoms. The smallest absolute Gasteiger partial charge is 0.250 e. The average molecular weight is 180 g/mol. The van der Waals surface area contributed by atoms with E-state index in [1.807, 2.05) is 19.2 Å². The Bertz CT molecular complexity index is 328. The van der Waals surface area contributed by atoms with Crippen molar-refractivity contribution in [1.82, 2.24) is 4.57 Å². The highest BCUT2D eigenvalue weighted by Gasteiger charge is 1.97. The number of anilines is 1. The molecule has 0 fully saturated rings. The molecule has 1 heterocycles. The SMILES string of the molecule is CCn1cc(NC(C)C)ccc1=O. The zero-order chi connectivity index (χ0) is 9.84. The van der Waals surface area contributed by atoms with Crippen molar-refractivity contribution in [3.8, 4) is 0 Å². The summed E-state index contributed by atoms with van der Waals surface area (Å²) in [6.45, 7) is 6.82. The highest BCUT2D eigenvalue weighted by molar-refractivity contribution is 5.40. The molecule has 72 valence electrons. The molecule has 0 saturated carbocycles. The molecule has 13 heavy (non-hydrogen) atoms. The lowest BCUT2D eigenvalue weighted by Gasteiger charge is -2.11. The monoisotopic (exact) mass is 180 g/mol. The van der Waals surface area contributed by atoms with Crippen molar-refractivity contribution in [2.45, 2.75) is 33.4 Å². The van der Waals surface area contributed by atoms with Crippen LogP contribution >= 0.6 is 0 Å². The fourth-order valence-corrected chi connectivity index (χ4v) is 1.20. The van der Waals surface area contributed by atoms with Crippen molar-refractivity contribution in [3.63, 3.8) is 0 Å². The zero-order valence-electron chi connectivity index (χ0n) is 8.37. The van der Waals surface area contributed by atoms with Gasteiger partial charge in [0.05, 0.1) is 5.69 Å². The summed E-state index contributed by atoms with van der Waals surface area (Å²) in [7, 11) is 0. The molecule has 0 radical (unpaired) electrons. The summed E-state index contributed by atoms with van der Waals surface area (Å²) in [5.41, 5.74) is 1.05. The van der Waals surface area contributed by atoms with Gasteiger partial charge in [-0.05, 0) is 26.8 Å². The molecule has 0 aliphatic rings. The van der Waals surface area contributed by atoms with Crippen LogP contribution in [0.2, 0.25) is 0 Å². The number of hydrogen-bond donors (Lipinski definition) is 1. The highest BCUT2D eigenvalue weighted by atomic mass is 16.1. The topological polar surface area (TPSA) is 34.0 Å². The van der Waals surface area contributed by atoms with Crippen LogP contribution in [0.25, 0.3) is 0 Å². The molecule has 1 aromatic heterocycles. The van der Waals surface area contributed by atoms with Crippen LogP contribution in [-0.4, -0.2) is 10.6 Å². The Balaban J connectivity index is 2.93. The summed E-state index contributed by atoms with van der Waals surface area (Å²) in [5.74, 6) is 0. The van der Waals surface area contributed by atoms with E-state index in [4.69, 9.17) is 0 Å². The first-order valence-electron chi connectivity index (χ1n) is 4.60. The molecule has 1 aromatic rings. The fourth-order valence-electron chi connectivity index (χ4n) is 1.20. The van der Waals surface area contributed by atoms with Crippen molar-refractivity contribution in [2.75, 3.05) is 5.32 Å². The summed E-state index contributed by atoms with van der Waals surface area (Å²) in [4.78, 5) is 11.2. The Hall–Kier alpha value is -1.25. The Morgan fingerprint density at radius 2 is 2.15 bits per heavy atom. The predicted molar refractivity (Wildman–Crippen MR) is 55.1 cm³/mol. The quantitative estimate of drug-likeness (QED) is 0.768. The molecular weight excluding hydrogens is 164 g/mol.